The molecule has 3 heteroatoms. The van der Waals surface area contributed by atoms with Gasteiger partial charge in [0.2, 0.25) is 0 Å². The lowest BCUT2D eigenvalue weighted by Crippen LogP contribution is -2.47. The number of nitrogens with zero attached hydrogens (tertiary/aromatic N) is 1. The molecule has 1 aromatic rings. The highest BCUT2D eigenvalue weighted by Gasteiger charge is 2.28. The smallest absolute Gasteiger partial charge is 0.179 e. The normalized spacial score (nSPS) is 22.7. The number of likely N-dealkylation sites (tertiary alicyclic amines) is 1. The van der Waals surface area contributed by atoms with Gasteiger partial charge in [0, 0.05) is 16.6 Å². The van der Waals surface area contributed by atoms with E-state index in [1.807, 2.05) is 19.1 Å². The Hall–Kier alpha value is -0.860. The van der Waals surface area contributed by atoms with Crippen molar-refractivity contribution in [2.24, 2.45) is 0 Å². The van der Waals surface area contributed by atoms with Gasteiger partial charge in [-0.05, 0) is 45.4 Å². The third-order valence-corrected chi connectivity index (χ3v) is 4.08. The lowest BCUT2D eigenvalue weighted by Gasteiger charge is -2.37. The molecule has 1 heterocycles. The van der Waals surface area contributed by atoms with Crippen molar-refractivity contribution < 1.29 is 4.79 Å². The zero-order valence-electron chi connectivity index (χ0n) is 11.0. The molecule has 0 N–H and O–H groups in total. The fourth-order valence-corrected chi connectivity index (χ4v) is 2.92. The van der Waals surface area contributed by atoms with Gasteiger partial charge in [-0.15, -0.1) is 0 Å². The molecule has 0 radical (unpaired) electrons. The van der Waals surface area contributed by atoms with Crippen LogP contribution in [0.5, 0.6) is 0 Å². The summed E-state index contributed by atoms with van der Waals surface area (Å²) in [6.45, 7) is 5.24. The standard InChI is InChI=1S/C15H20ClNO/c1-11-6-3-4-9-17(11)12(2)15(18)13-7-5-8-14(16)10-13/h5,7-8,10-12H,3-4,6,9H2,1-2H3. The summed E-state index contributed by atoms with van der Waals surface area (Å²) in [4.78, 5) is 14.8. The minimum atomic E-state index is -0.0567. The molecule has 2 unspecified atom stereocenters. The van der Waals surface area contributed by atoms with E-state index < -0.39 is 0 Å². The molecule has 0 saturated carbocycles. The maximum atomic E-state index is 12.4. The third kappa shape index (κ3) is 2.93. The van der Waals surface area contributed by atoms with Crippen LogP contribution in [0, 0.1) is 0 Å². The van der Waals surface area contributed by atoms with Gasteiger partial charge in [0.05, 0.1) is 6.04 Å². The van der Waals surface area contributed by atoms with Gasteiger partial charge >= 0.3 is 0 Å². The second-order valence-electron chi connectivity index (χ2n) is 5.13. The van der Waals surface area contributed by atoms with Crippen LogP contribution in [0.15, 0.2) is 24.3 Å². The first-order valence-electron chi connectivity index (χ1n) is 6.65. The minimum absolute atomic E-state index is 0.0567. The Balaban J connectivity index is 2.13. The van der Waals surface area contributed by atoms with Gasteiger partial charge in [0.1, 0.15) is 0 Å². The summed E-state index contributed by atoms with van der Waals surface area (Å²) in [6, 6.07) is 7.68. The number of piperidine rings is 1. The lowest BCUT2D eigenvalue weighted by atomic mass is 9.97. The highest BCUT2D eigenvalue weighted by molar-refractivity contribution is 6.31. The van der Waals surface area contributed by atoms with Crippen molar-refractivity contribution in [1.82, 2.24) is 4.90 Å². The van der Waals surface area contributed by atoms with E-state index >= 15 is 0 Å². The van der Waals surface area contributed by atoms with Crippen LogP contribution >= 0.6 is 11.6 Å². The summed E-state index contributed by atoms with van der Waals surface area (Å²) in [5.74, 6) is 0.172. The molecule has 0 amide bonds. The van der Waals surface area contributed by atoms with Gasteiger partial charge in [-0.2, -0.15) is 0 Å². The van der Waals surface area contributed by atoms with Gasteiger partial charge in [-0.3, -0.25) is 9.69 Å². The molecule has 1 saturated heterocycles. The number of Topliss-reactive ketones (excluding diaryl/α,β-unsaturated/α-hetero) is 1. The van der Waals surface area contributed by atoms with E-state index in [9.17, 15) is 4.79 Å². The van der Waals surface area contributed by atoms with E-state index in [1.54, 1.807) is 12.1 Å². The molecule has 0 aliphatic carbocycles. The summed E-state index contributed by atoms with van der Waals surface area (Å²) in [5.41, 5.74) is 0.716. The molecule has 0 spiro atoms. The Morgan fingerprint density at radius 3 is 2.89 bits per heavy atom. The molecule has 18 heavy (non-hydrogen) atoms. The molecule has 0 bridgehead atoms. The Bertz CT molecular complexity index is 432. The maximum absolute atomic E-state index is 12.4. The topological polar surface area (TPSA) is 20.3 Å². The van der Waals surface area contributed by atoms with Crippen molar-refractivity contribution >= 4 is 17.4 Å². The average Bonchev–Trinajstić information content (AvgIpc) is 2.37. The highest BCUT2D eigenvalue weighted by Crippen LogP contribution is 2.22. The fourth-order valence-electron chi connectivity index (χ4n) is 2.73. The number of rotatable bonds is 3. The predicted molar refractivity (Wildman–Crippen MR) is 75.3 cm³/mol. The van der Waals surface area contributed by atoms with Gasteiger partial charge in [0.25, 0.3) is 0 Å². The Morgan fingerprint density at radius 1 is 1.44 bits per heavy atom. The minimum Gasteiger partial charge on any atom is -0.292 e. The Morgan fingerprint density at radius 2 is 2.22 bits per heavy atom. The molecular formula is C15H20ClNO. The van der Waals surface area contributed by atoms with Crippen molar-refractivity contribution in [3.63, 3.8) is 0 Å². The summed E-state index contributed by atoms with van der Waals surface area (Å²) in [7, 11) is 0. The zero-order chi connectivity index (χ0) is 13.1. The van der Waals surface area contributed by atoms with Crippen LogP contribution in [0.4, 0.5) is 0 Å². The Kier molecular flexibility index (Phi) is 4.41. The van der Waals surface area contributed by atoms with Gasteiger partial charge < -0.3 is 0 Å². The van der Waals surface area contributed by atoms with Crippen LogP contribution in [0.2, 0.25) is 5.02 Å². The van der Waals surface area contributed by atoms with Crippen molar-refractivity contribution in [1.29, 1.82) is 0 Å². The molecule has 0 aromatic heterocycles. The van der Waals surface area contributed by atoms with E-state index in [1.165, 1.54) is 19.3 Å². The largest absolute Gasteiger partial charge is 0.292 e. The fraction of sp³-hybridized carbons (Fsp3) is 0.533. The van der Waals surface area contributed by atoms with E-state index in [4.69, 9.17) is 11.6 Å². The van der Waals surface area contributed by atoms with E-state index in [0.717, 1.165) is 6.54 Å². The van der Waals surface area contributed by atoms with Crippen molar-refractivity contribution in [3.8, 4) is 0 Å². The van der Waals surface area contributed by atoms with Crippen LogP contribution in [0.1, 0.15) is 43.5 Å². The van der Waals surface area contributed by atoms with E-state index in [0.29, 0.717) is 16.6 Å². The van der Waals surface area contributed by atoms with Crippen LogP contribution in [0.25, 0.3) is 0 Å². The second kappa shape index (κ2) is 5.85. The quantitative estimate of drug-likeness (QED) is 0.775. The molecule has 1 aliphatic heterocycles. The van der Waals surface area contributed by atoms with Crippen LogP contribution in [0.3, 0.4) is 0 Å². The molecule has 2 atom stereocenters. The highest BCUT2D eigenvalue weighted by atomic mass is 35.5. The lowest BCUT2D eigenvalue weighted by molar-refractivity contribution is 0.0701. The van der Waals surface area contributed by atoms with E-state index in [-0.39, 0.29) is 11.8 Å². The molecular weight excluding hydrogens is 246 g/mol. The number of carbonyl (C=O) groups is 1. The first kappa shape index (κ1) is 13.6. The van der Waals surface area contributed by atoms with Crippen LogP contribution in [-0.2, 0) is 0 Å². The van der Waals surface area contributed by atoms with Crippen LogP contribution in [-0.4, -0.2) is 29.3 Å². The molecule has 2 rings (SSSR count). The first-order chi connectivity index (χ1) is 8.59. The van der Waals surface area contributed by atoms with Gasteiger partial charge in [0.15, 0.2) is 5.78 Å². The van der Waals surface area contributed by atoms with Gasteiger partial charge in [-0.25, -0.2) is 0 Å². The molecule has 1 aromatic carbocycles. The molecule has 98 valence electrons. The number of hydrogen-bond acceptors (Lipinski definition) is 2. The first-order valence-corrected chi connectivity index (χ1v) is 7.03. The van der Waals surface area contributed by atoms with Crippen LogP contribution < -0.4 is 0 Å². The second-order valence-corrected chi connectivity index (χ2v) is 5.57. The summed E-state index contributed by atoms with van der Waals surface area (Å²) in [5, 5.41) is 0.625. The number of hydrogen-bond donors (Lipinski definition) is 0. The number of carbonyl (C=O) groups excluding carboxylic acids is 1. The van der Waals surface area contributed by atoms with Gasteiger partial charge in [-0.1, -0.05) is 30.2 Å². The average molecular weight is 266 g/mol. The number of benzene rings is 1. The van der Waals surface area contributed by atoms with Crippen molar-refractivity contribution in [2.75, 3.05) is 6.54 Å². The third-order valence-electron chi connectivity index (χ3n) is 3.84. The molecule has 1 fully saturated rings. The summed E-state index contributed by atoms with van der Waals surface area (Å²) >= 11 is 5.94. The summed E-state index contributed by atoms with van der Waals surface area (Å²) in [6.07, 6.45) is 3.65. The maximum Gasteiger partial charge on any atom is 0.179 e. The molecule has 2 nitrogen and oxygen atoms in total. The summed E-state index contributed by atoms with van der Waals surface area (Å²) < 4.78 is 0. The van der Waals surface area contributed by atoms with E-state index in [2.05, 4.69) is 11.8 Å². The van der Waals surface area contributed by atoms with Crippen molar-refractivity contribution in [3.05, 3.63) is 34.9 Å². The Labute approximate surface area is 114 Å². The monoisotopic (exact) mass is 265 g/mol. The van der Waals surface area contributed by atoms with Crippen molar-refractivity contribution in [2.45, 2.75) is 45.2 Å². The number of ketones is 1. The zero-order valence-corrected chi connectivity index (χ0v) is 11.8. The molecule has 1 aliphatic rings. The predicted octanol–water partition coefficient (Wildman–Crippen LogP) is 3.79. The SMILES string of the molecule is CC1CCCCN1C(C)C(=O)c1cccc(Cl)c1. The number of halogens is 1.